The lowest BCUT2D eigenvalue weighted by atomic mass is 10.2. The summed E-state index contributed by atoms with van der Waals surface area (Å²) < 4.78 is 23.0. The predicted octanol–water partition coefficient (Wildman–Crippen LogP) is 3.60. The molecule has 0 bridgehead atoms. The van der Waals surface area contributed by atoms with Crippen LogP contribution in [-0.2, 0) is 18.4 Å². The summed E-state index contributed by atoms with van der Waals surface area (Å²) >= 11 is 0. The Bertz CT molecular complexity index is 1180. The molecule has 0 aliphatic carbocycles. The first kappa shape index (κ1) is 18.5. The number of aromatic nitrogens is 3. The maximum atomic E-state index is 12.5. The van der Waals surface area contributed by atoms with E-state index in [2.05, 4.69) is 10.1 Å². The van der Waals surface area contributed by atoms with Crippen LogP contribution >= 0.6 is 0 Å². The topological polar surface area (TPSA) is 88.6 Å². The van der Waals surface area contributed by atoms with E-state index in [1.807, 2.05) is 35.9 Å². The van der Waals surface area contributed by atoms with Gasteiger partial charge in [0.2, 0.25) is 5.82 Å². The summed E-state index contributed by atoms with van der Waals surface area (Å²) in [6, 6.07) is 12.9. The molecule has 4 aromatic rings. The third-order valence-corrected chi connectivity index (χ3v) is 4.55. The molecule has 8 heteroatoms. The van der Waals surface area contributed by atoms with Gasteiger partial charge >= 0.3 is 5.97 Å². The minimum absolute atomic E-state index is 0.123. The van der Waals surface area contributed by atoms with E-state index in [0.717, 1.165) is 10.9 Å². The molecule has 0 fully saturated rings. The van der Waals surface area contributed by atoms with Crippen molar-refractivity contribution >= 4 is 16.9 Å². The average molecular weight is 393 g/mol. The molecule has 0 unspecified atom stereocenters. The Kier molecular flexibility index (Phi) is 4.90. The van der Waals surface area contributed by atoms with Crippen LogP contribution in [0, 0.1) is 0 Å². The van der Waals surface area contributed by atoms with Crippen LogP contribution in [0.1, 0.15) is 16.2 Å². The molecule has 0 amide bonds. The molecule has 0 saturated heterocycles. The minimum Gasteiger partial charge on any atom is -0.493 e. The van der Waals surface area contributed by atoms with Crippen LogP contribution in [0.25, 0.3) is 22.3 Å². The van der Waals surface area contributed by atoms with Crippen molar-refractivity contribution < 1.29 is 23.5 Å². The quantitative estimate of drug-likeness (QED) is 0.462. The van der Waals surface area contributed by atoms with Gasteiger partial charge in [-0.15, -0.1) is 0 Å². The molecule has 0 saturated carbocycles. The molecular weight excluding hydrogens is 374 g/mol. The van der Waals surface area contributed by atoms with Gasteiger partial charge in [-0.3, -0.25) is 0 Å². The zero-order valence-corrected chi connectivity index (χ0v) is 16.2. The molecule has 2 heterocycles. The number of fused-ring (bicyclic) bond motifs is 1. The van der Waals surface area contributed by atoms with E-state index in [0.29, 0.717) is 28.5 Å². The zero-order valence-electron chi connectivity index (χ0n) is 16.2. The smallest absolute Gasteiger partial charge is 0.340 e. The number of methoxy groups -OCH3 is 2. The van der Waals surface area contributed by atoms with Gasteiger partial charge in [0, 0.05) is 29.7 Å². The molecule has 0 N–H and O–H groups in total. The third-order valence-electron chi connectivity index (χ3n) is 4.55. The van der Waals surface area contributed by atoms with Crippen molar-refractivity contribution in [1.29, 1.82) is 0 Å². The van der Waals surface area contributed by atoms with Crippen molar-refractivity contribution in [3.8, 4) is 22.9 Å². The van der Waals surface area contributed by atoms with Crippen LogP contribution in [-0.4, -0.2) is 34.9 Å². The summed E-state index contributed by atoms with van der Waals surface area (Å²) in [6.07, 6.45) is 1.75. The van der Waals surface area contributed by atoms with Gasteiger partial charge in [-0.1, -0.05) is 23.4 Å². The summed E-state index contributed by atoms with van der Waals surface area (Å²) in [6.45, 7) is -0.123. The van der Waals surface area contributed by atoms with Crippen molar-refractivity contribution in [3.05, 3.63) is 60.1 Å². The lowest BCUT2D eigenvalue weighted by molar-refractivity contribution is 0.0432. The molecule has 148 valence electrons. The standard InChI is InChI=1S/C21H19N3O5/c1-24-11-15(14-6-4-5-7-16(14)24)21(25)28-12-19-22-20(23-29-19)13-8-9-17(26-2)18(10-13)27-3/h4-11H,12H2,1-3H3. The Labute approximate surface area is 166 Å². The Morgan fingerprint density at radius 3 is 2.69 bits per heavy atom. The van der Waals surface area contributed by atoms with Crippen LogP contribution in [0.3, 0.4) is 0 Å². The number of carbonyl (C=O) groups is 1. The normalized spacial score (nSPS) is 10.9. The molecule has 29 heavy (non-hydrogen) atoms. The number of aryl methyl sites for hydroxylation is 1. The van der Waals surface area contributed by atoms with Crippen molar-refractivity contribution in [1.82, 2.24) is 14.7 Å². The number of carbonyl (C=O) groups excluding carboxylic acids is 1. The van der Waals surface area contributed by atoms with E-state index in [9.17, 15) is 4.79 Å². The second-order valence-electron chi connectivity index (χ2n) is 6.33. The van der Waals surface area contributed by atoms with Crippen molar-refractivity contribution in [3.63, 3.8) is 0 Å². The van der Waals surface area contributed by atoms with E-state index in [1.54, 1.807) is 38.6 Å². The molecule has 2 aromatic carbocycles. The van der Waals surface area contributed by atoms with Gasteiger partial charge in [0.1, 0.15) is 0 Å². The number of benzene rings is 2. The van der Waals surface area contributed by atoms with Gasteiger partial charge in [0.25, 0.3) is 5.89 Å². The number of rotatable bonds is 6. The lowest BCUT2D eigenvalue weighted by Gasteiger charge is -2.07. The Morgan fingerprint density at radius 2 is 1.90 bits per heavy atom. The number of hydrogen-bond acceptors (Lipinski definition) is 7. The van der Waals surface area contributed by atoms with Gasteiger partial charge in [-0.2, -0.15) is 4.98 Å². The molecule has 8 nitrogen and oxygen atoms in total. The molecule has 0 atom stereocenters. The third kappa shape index (κ3) is 3.52. The van der Waals surface area contributed by atoms with Crippen LogP contribution in [0.2, 0.25) is 0 Å². The summed E-state index contributed by atoms with van der Waals surface area (Å²) in [5.74, 6) is 1.26. The van der Waals surface area contributed by atoms with Gasteiger partial charge in [0.15, 0.2) is 18.1 Å². The SMILES string of the molecule is COc1ccc(-c2noc(COC(=O)c3cn(C)c4ccccc34)n2)cc1OC. The van der Waals surface area contributed by atoms with E-state index in [-0.39, 0.29) is 12.5 Å². The highest BCUT2D eigenvalue weighted by molar-refractivity contribution is 6.04. The zero-order chi connectivity index (χ0) is 20.4. The molecule has 0 aliphatic rings. The second kappa shape index (κ2) is 7.67. The van der Waals surface area contributed by atoms with Crippen LogP contribution in [0.15, 0.2) is 53.2 Å². The number of para-hydroxylation sites is 1. The van der Waals surface area contributed by atoms with Gasteiger partial charge < -0.3 is 23.3 Å². The van der Waals surface area contributed by atoms with E-state index >= 15 is 0 Å². The summed E-state index contributed by atoms with van der Waals surface area (Å²) in [4.78, 5) is 16.8. The molecule has 0 spiro atoms. The summed E-state index contributed by atoms with van der Waals surface area (Å²) in [7, 11) is 5.00. The predicted molar refractivity (Wildman–Crippen MR) is 105 cm³/mol. The summed E-state index contributed by atoms with van der Waals surface area (Å²) in [5.41, 5.74) is 2.13. The fourth-order valence-corrected chi connectivity index (χ4v) is 3.12. The maximum Gasteiger partial charge on any atom is 0.340 e. The highest BCUT2D eigenvalue weighted by Crippen LogP contribution is 2.31. The second-order valence-corrected chi connectivity index (χ2v) is 6.33. The van der Waals surface area contributed by atoms with Crippen LogP contribution in [0.5, 0.6) is 11.5 Å². The average Bonchev–Trinajstić information content (AvgIpc) is 3.36. The van der Waals surface area contributed by atoms with E-state index < -0.39 is 5.97 Å². The minimum atomic E-state index is -0.451. The van der Waals surface area contributed by atoms with Crippen molar-refractivity contribution in [2.45, 2.75) is 6.61 Å². The Morgan fingerprint density at radius 1 is 1.10 bits per heavy atom. The molecule has 2 aromatic heterocycles. The van der Waals surface area contributed by atoms with Gasteiger partial charge in [-0.25, -0.2) is 4.79 Å². The van der Waals surface area contributed by atoms with Crippen molar-refractivity contribution in [2.75, 3.05) is 14.2 Å². The van der Waals surface area contributed by atoms with Gasteiger partial charge in [-0.05, 0) is 24.3 Å². The number of esters is 1. The fraction of sp³-hybridized carbons (Fsp3) is 0.190. The maximum absolute atomic E-state index is 12.5. The van der Waals surface area contributed by atoms with Gasteiger partial charge in [0.05, 0.1) is 19.8 Å². The number of ether oxygens (including phenoxy) is 3. The number of nitrogens with zero attached hydrogens (tertiary/aromatic N) is 3. The Balaban J connectivity index is 1.49. The van der Waals surface area contributed by atoms with Crippen LogP contribution < -0.4 is 9.47 Å². The van der Waals surface area contributed by atoms with Crippen LogP contribution in [0.4, 0.5) is 0 Å². The largest absolute Gasteiger partial charge is 0.493 e. The monoisotopic (exact) mass is 393 g/mol. The molecule has 0 radical (unpaired) electrons. The first-order chi connectivity index (χ1) is 14.1. The van der Waals surface area contributed by atoms with E-state index in [1.165, 1.54) is 0 Å². The highest BCUT2D eigenvalue weighted by Gasteiger charge is 2.17. The highest BCUT2D eigenvalue weighted by atomic mass is 16.6. The number of hydrogen-bond donors (Lipinski definition) is 0. The summed E-state index contributed by atoms with van der Waals surface area (Å²) in [5, 5.41) is 4.77. The first-order valence-electron chi connectivity index (χ1n) is 8.87. The Hall–Kier alpha value is -3.81. The molecule has 0 aliphatic heterocycles. The molecular formula is C21H19N3O5. The lowest BCUT2D eigenvalue weighted by Crippen LogP contribution is -2.05. The first-order valence-corrected chi connectivity index (χ1v) is 8.87. The van der Waals surface area contributed by atoms with E-state index in [4.69, 9.17) is 18.7 Å². The fourth-order valence-electron chi connectivity index (χ4n) is 3.12. The van der Waals surface area contributed by atoms with Crippen molar-refractivity contribution in [2.24, 2.45) is 7.05 Å². The molecule has 4 rings (SSSR count).